The van der Waals surface area contributed by atoms with Gasteiger partial charge >= 0.3 is 5.97 Å². The fraction of sp³-hybridized carbons (Fsp3) is 0.273. The number of carboxylic acids is 1. The van der Waals surface area contributed by atoms with Gasteiger partial charge in [-0.15, -0.1) is 0 Å². The van der Waals surface area contributed by atoms with Crippen LogP contribution in [0.25, 0.3) is 33.1 Å². The van der Waals surface area contributed by atoms with Crippen LogP contribution in [0.4, 0.5) is 0 Å². The Morgan fingerprint density at radius 3 is 2.42 bits per heavy atom. The lowest BCUT2D eigenvalue weighted by Gasteiger charge is -2.17. The van der Waals surface area contributed by atoms with Gasteiger partial charge in [0.15, 0.2) is 0 Å². The molecule has 31 heavy (non-hydrogen) atoms. The smallest absolute Gasteiger partial charge is 0.322 e. The number of carboxylic acid groups (broad SMARTS) is 1. The zero-order valence-corrected chi connectivity index (χ0v) is 18.3. The molecule has 9 heteroatoms. The number of nitrogens with one attached hydrogen (secondary N) is 1. The molecule has 2 N–H and O–H groups in total. The number of rotatable bonds is 6. The molecule has 0 saturated heterocycles. The average Bonchev–Trinajstić information content (AvgIpc) is 3.24. The number of sulfonamides is 1. The third kappa shape index (κ3) is 3.70. The van der Waals surface area contributed by atoms with Gasteiger partial charge in [-0.1, -0.05) is 25.1 Å². The minimum atomic E-state index is -4.04. The summed E-state index contributed by atoms with van der Waals surface area (Å²) in [5.74, 6) is -0.928. The van der Waals surface area contributed by atoms with Crippen molar-refractivity contribution >= 4 is 37.9 Å². The minimum Gasteiger partial charge on any atom is -0.480 e. The summed E-state index contributed by atoms with van der Waals surface area (Å²) in [6.45, 7) is 6.99. The third-order valence-corrected chi connectivity index (χ3v) is 6.73. The van der Waals surface area contributed by atoms with Crippen molar-refractivity contribution in [2.45, 2.75) is 38.6 Å². The van der Waals surface area contributed by atoms with Gasteiger partial charge in [0.2, 0.25) is 10.0 Å². The highest BCUT2D eigenvalue weighted by atomic mass is 32.2. The molecule has 0 fully saturated rings. The second kappa shape index (κ2) is 7.51. The van der Waals surface area contributed by atoms with Crippen LogP contribution in [-0.4, -0.2) is 30.7 Å². The van der Waals surface area contributed by atoms with E-state index in [1.165, 1.54) is 12.1 Å². The van der Waals surface area contributed by atoms with Gasteiger partial charge in [0.25, 0.3) is 0 Å². The van der Waals surface area contributed by atoms with Crippen LogP contribution in [0.2, 0.25) is 0 Å². The first kappa shape index (κ1) is 21.1. The minimum absolute atomic E-state index is 0.0584. The highest BCUT2D eigenvalue weighted by Crippen LogP contribution is 2.35. The molecule has 4 rings (SSSR count). The maximum Gasteiger partial charge on any atom is 0.322 e. The molecule has 0 aliphatic heterocycles. The van der Waals surface area contributed by atoms with E-state index in [4.69, 9.17) is 8.94 Å². The lowest BCUT2D eigenvalue weighted by Crippen LogP contribution is -2.44. The highest BCUT2D eigenvalue weighted by Gasteiger charge is 2.28. The molecule has 0 spiro atoms. The van der Waals surface area contributed by atoms with E-state index >= 15 is 0 Å². The molecule has 0 unspecified atom stereocenters. The van der Waals surface area contributed by atoms with E-state index in [-0.39, 0.29) is 4.90 Å². The lowest BCUT2D eigenvalue weighted by atomic mass is 10.0. The van der Waals surface area contributed by atoms with Crippen LogP contribution >= 0.6 is 0 Å². The molecule has 2 aromatic heterocycles. The fourth-order valence-electron chi connectivity index (χ4n) is 3.68. The monoisotopic (exact) mass is 442 g/mol. The van der Waals surface area contributed by atoms with Gasteiger partial charge in [-0.2, -0.15) is 4.72 Å². The summed E-state index contributed by atoms with van der Waals surface area (Å²) in [7, 11) is -4.04. The Labute approximate surface area is 178 Å². The van der Waals surface area contributed by atoms with Crippen molar-refractivity contribution in [3.8, 4) is 11.1 Å². The maximum atomic E-state index is 12.8. The summed E-state index contributed by atoms with van der Waals surface area (Å²) in [6, 6.07) is 8.97. The first-order chi connectivity index (χ1) is 14.6. The van der Waals surface area contributed by atoms with Crippen LogP contribution < -0.4 is 4.72 Å². The summed E-state index contributed by atoms with van der Waals surface area (Å²) in [5, 5.41) is 14.9. The Hall–Kier alpha value is -3.17. The van der Waals surface area contributed by atoms with Gasteiger partial charge < -0.3 is 14.0 Å². The number of aliphatic carboxylic acids is 1. The molecule has 0 radical (unpaired) electrons. The lowest BCUT2D eigenvalue weighted by molar-refractivity contribution is -0.140. The van der Waals surface area contributed by atoms with Crippen molar-refractivity contribution in [2.75, 3.05) is 0 Å². The van der Waals surface area contributed by atoms with E-state index < -0.39 is 28.0 Å². The number of hydrogen-bond acceptors (Lipinski definition) is 6. The number of aryl methyl sites for hydroxylation is 2. The molecule has 8 nitrogen and oxygen atoms in total. The predicted molar refractivity (Wildman–Crippen MR) is 115 cm³/mol. The van der Waals surface area contributed by atoms with Crippen molar-refractivity contribution in [1.29, 1.82) is 0 Å². The largest absolute Gasteiger partial charge is 0.480 e. The molecule has 1 atom stereocenters. The number of hydrogen-bond donors (Lipinski definition) is 2. The second-order valence-electron chi connectivity index (χ2n) is 7.85. The van der Waals surface area contributed by atoms with Crippen molar-refractivity contribution in [3.63, 3.8) is 0 Å². The third-order valence-electron chi connectivity index (χ3n) is 5.29. The van der Waals surface area contributed by atoms with Crippen LogP contribution in [0.15, 0.2) is 50.2 Å². The number of nitrogens with zero attached hydrogens (tertiary/aromatic N) is 1. The van der Waals surface area contributed by atoms with Crippen molar-refractivity contribution in [3.05, 3.63) is 47.9 Å². The van der Waals surface area contributed by atoms with Gasteiger partial charge in [-0.25, -0.2) is 8.42 Å². The number of benzene rings is 2. The van der Waals surface area contributed by atoms with Gasteiger partial charge in [0.05, 0.1) is 10.6 Å². The Balaban J connectivity index is 1.78. The summed E-state index contributed by atoms with van der Waals surface area (Å²) in [6.07, 6.45) is 0. The molecule has 2 heterocycles. The van der Waals surface area contributed by atoms with E-state index in [1.807, 2.05) is 32.0 Å². The van der Waals surface area contributed by atoms with Gasteiger partial charge in [0.1, 0.15) is 23.0 Å². The Bertz CT molecular complexity index is 1400. The van der Waals surface area contributed by atoms with Crippen LogP contribution in [0.1, 0.15) is 25.3 Å². The van der Waals surface area contributed by atoms with Crippen molar-refractivity contribution in [1.82, 2.24) is 9.88 Å². The summed E-state index contributed by atoms with van der Waals surface area (Å²) in [4.78, 5) is 11.3. The summed E-state index contributed by atoms with van der Waals surface area (Å²) >= 11 is 0. The zero-order chi connectivity index (χ0) is 22.5. The van der Waals surface area contributed by atoms with E-state index in [9.17, 15) is 18.3 Å². The first-order valence-corrected chi connectivity index (χ1v) is 11.2. The van der Waals surface area contributed by atoms with Crippen molar-refractivity contribution < 1.29 is 27.3 Å². The Kier molecular flexibility index (Phi) is 5.10. The van der Waals surface area contributed by atoms with Gasteiger partial charge in [-0.05, 0) is 49.6 Å². The van der Waals surface area contributed by atoms with E-state index in [1.54, 1.807) is 19.9 Å². The van der Waals surface area contributed by atoms with Crippen LogP contribution in [0.3, 0.4) is 0 Å². The molecule has 4 aromatic rings. The van der Waals surface area contributed by atoms with Crippen molar-refractivity contribution in [2.24, 2.45) is 5.92 Å². The molecule has 162 valence electrons. The molecule has 0 bridgehead atoms. The fourth-order valence-corrected chi connectivity index (χ4v) is 5.03. The molecule has 2 aromatic carbocycles. The number of carbonyl (C=O) groups is 1. The van der Waals surface area contributed by atoms with Gasteiger partial charge in [-0.3, -0.25) is 4.79 Å². The SMILES string of the molecule is Cc1noc(C)c1-c1ccc2oc3cc(S(=O)(=O)N[C@H](C(=O)O)C(C)C)ccc3c2c1. The quantitative estimate of drug-likeness (QED) is 0.458. The van der Waals surface area contributed by atoms with Crippen LogP contribution in [0, 0.1) is 19.8 Å². The maximum absolute atomic E-state index is 12.8. The Morgan fingerprint density at radius 1 is 1.06 bits per heavy atom. The van der Waals surface area contributed by atoms with E-state index in [0.717, 1.165) is 27.6 Å². The van der Waals surface area contributed by atoms with Gasteiger partial charge in [0, 0.05) is 22.4 Å². The van der Waals surface area contributed by atoms with E-state index in [2.05, 4.69) is 9.88 Å². The molecule has 0 amide bonds. The molecule has 0 aliphatic carbocycles. The Morgan fingerprint density at radius 2 is 1.81 bits per heavy atom. The number of fused-ring (bicyclic) bond motifs is 3. The van der Waals surface area contributed by atoms with E-state index in [0.29, 0.717) is 16.9 Å². The standard InChI is InChI=1S/C22H22N2O6S/c1-11(2)21(22(25)26)24-31(27,28)15-6-7-16-17-9-14(20-12(3)23-30-13(20)4)5-8-18(17)29-19(16)10-15/h5-11,21,24H,1-4H3,(H,25,26)/t21-/m0/s1. The molecular formula is C22H22N2O6S. The normalized spacial score (nSPS) is 13.3. The highest BCUT2D eigenvalue weighted by molar-refractivity contribution is 7.89. The molecule has 0 saturated carbocycles. The molecular weight excluding hydrogens is 420 g/mol. The topological polar surface area (TPSA) is 123 Å². The zero-order valence-electron chi connectivity index (χ0n) is 17.5. The first-order valence-electron chi connectivity index (χ1n) is 9.73. The number of furan rings is 1. The number of aromatic nitrogens is 1. The van der Waals surface area contributed by atoms with Crippen LogP contribution in [0.5, 0.6) is 0 Å². The summed E-state index contributed by atoms with van der Waals surface area (Å²) in [5.41, 5.74) is 3.62. The van der Waals surface area contributed by atoms with Crippen LogP contribution in [-0.2, 0) is 14.8 Å². The predicted octanol–water partition coefficient (Wildman–Crippen LogP) is 4.25. The summed E-state index contributed by atoms with van der Waals surface area (Å²) < 4.78 is 38.9. The second-order valence-corrected chi connectivity index (χ2v) is 9.57. The molecule has 0 aliphatic rings. The average molecular weight is 442 g/mol.